The summed E-state index contributed by atoms with van der Waals surface area (Å²) in [5.41, 5.74) is 9.88. The van der Waals surface area contributed by atoms with Crippen LogP contribution in [-0.2, 0) is 19.5 Å². The number of hydrogen-bond acceptors (Lipinski definition) is 7. The second-order valence-electron chi connectivity index (χ2n) is 6.82. The minimum Gasteiger partial charge on any atom is -0.508 e. The lowest BCUT2D eigenvalue weighted by Crippen LogP contribution is -2.31. The van der Waals surface area contributed by atoms with Crippen molar-refractivity contribution < 1.29 is 10.0 Å². The molecule has 2 heterocycles. The van der Waals surface area contributed by atoms with Gasteiger partial charge in [0.1, 0.15) is 5.75 Å². The molecule has 0 unspecified atom stereocenters. The van der Waals surface area contributed by atoms with Crippen molar-refractivity contribution in [1.82, 2.24) is 14.9 Å². The van der Waals surface area contributed by atoms with E-state index in [4.69, 9.17) is 10.7 Å². The zero-order valence-electron chi connectivity index (χ0n) is 15.1. The fourth-order valence-electron chi connectivity index (χ4n) is 3.33. The highest BCUT2D eigenvalue weighted by Gasteiger charge is 2.21. The zero-order valence-corrected chi connectivity index (χ0v) is 15.1. The molecule has 8 heteroatoms. The Morgan fingerprint density at radius 3 is 2.75 bits per heavy atom. The molecule has 28 heavy (non-hydrogen) atoms. The van der Waals surface area contributed by atoms with Crippen LogP contribution in [0.15, 0.2) is 48.7 Å². The normalized spacial score (nSPS) is 13.9. The van der Waals surface area contributed by atoms with Crippen molar-refractivity contribution in [2.75, 3.05) is 12.3 Å². The van der Waals surface area contributed by atoms with Gasteiger partial charge in [0.2, 0.25) is 0 Å². The van der Waals surface area contributed by atoms with Gasteiger partial charge in [-0.25, -0.2) is 9.97 Å². The molecule has 0 atom stereocenters. The molecule has 1 aliphatic heterocycles. The molecule has 0 radical (unpaired) electrons. The van der Waals surface area contributed by atoms with Gasteiger partial charge in [-0.15, -0.1) is 0 Å². The zero-order chi connectivity index (χ0) is 19.7. The minimum absolute atomic E-state index is 0.0262. The monoisotopic (exact) mass is 377 g/mol. The van der Waals surface area contributed by atoms with E-state index in [9.17, 15) is 15.2 Å². The van der Waals surface area contributed by atoms with Crippen LogP contribution in [0.3, 0.4) is 0 Å². The third-order valence-electron chi connectivity index (χ3n) is 4.85. The molecular formula is C20H19N5O3. The van der Waals surface area contributed by atoms with Gasteiger partial charge in [0.05, 0.1) is 10.6 Å². The van der Waals surface area contributed by atoms with Crippen molar-refractivity contribution >= 4 is 11.4 Å². The molecular weight excluding hydrogens is 358 g/mol. The Bertz CT molecular complexity index is 1040. The standard InChI is InChI=1S/C20H19N5O3/c21-16-3-1-13(2-4-16)20-22-10-15-12-24(8-7-18(15)23-20)11-14-9-17(25(27)28)5-6-19(14)26/h1-6,9-10,26H,7-8,11-12,21H2. The Balaban J connectivity index is 1.52. The van der Waals surface area contributed by atoms with E-state index in [-0.39, 0.29) is 11.4 Å². The maximum Gasteiger partial charge on any atom is 0.270 e. The Morgan fingerprint density at radius 2 is 2.00 bits per heavy atom. The second kappa shape index (κ2) is 7.24. The number of anilines is 1. The lowest BCUT2D eigenvalue weighted by atomic mass is 10.1. The van der Waals surface area contributed by atoms with Crippen LogP contribution in [0.1, 0.15) is 16.8 Å². The SMILES string of the molecule is Nc1ccc(-c2ncc3c(n2)CCN(Cc2cc([N+](=O)[O-])ccc2O)C3)cc1. The van der Waals surface area contributed by atoms with E-state index in [2.05, 4.69) is 9.88 Å². The minimum atomic E-state index is -0.457. The van der Waals surface area contributed by atoms with E-state index in [0.29, 0.717) is 30.2 Å². The van der Waals surface area contributed by atoms with Crippen LogP contribution >= 0.6 is 0 Å². The average Bonchev–Trinajstić information content (AvgIpc) is 2.69. The van der Waals surface area contributed by atoms with Crippen LogP contribution in [-0.4, -0.2) is 31.4 Å². The van der Waals surface area contributed by atoms with Crippen LogP contribution in [0.2, 0.25) is 0 Å². The number of hydrogen-bond donors (Lipinski definition) is 2. The lowest BCUT2D eigenvalue weighted by Gasteiger charge is -2.28. The number of phenols is 1. The Hall–Kier alpha value is -3.52. The van der Waals surface area contributed by atoms with Crippen molar-refractivity contribution in [1.29, 1.82) is 0 Å². The summed E-state index contributed by atoms with van der Waals surface area (Å²) in [5.74, 6) is 0.731. The Morgan fingerprint density at radius 1 is 1.21 bits per heavy atom. The van der Waals surface area contributed by atoms with Crippen LogP contribution in [0.5, 0.6) is 5.75 Å². The third kappa shape index (κ3) is 3.63. The first-order valence-electron chi connectivity index (χ1n) is 8.89. The molecule has 0 fully saturated rings. The van der Waals surface area contributed by atoms with Crippen molar-refractivity contribution in [3.05, 3.63) is 75.6 Å². The van der Waals surface area contributed by atoms with Gasteiger partial charge in [-0.1, -0.05) is 0 Å². The van der Waals surface area contributed by atoms with E-state index in [1.807, 2.05) is 30.5 Å². The highest BCUT2D eigenvalue weighted by atomic mass is 16.6. The fourth-order valence-corrected chi connectivity index (χ4v) is 3.33. The summed E-state index contributed by atoms with van der Waals surface area (Å²) >= 11 is 0. The number of aromatic nitrogens is 2. The molecule has 3 aromatic rings. The van der Waals surface area contributed by atoms with Crippen molar-refractivity contribution in [3.8, 4) is 17.1 Å². The molecule has 142 valence electrons. The quantitative estimate of drug-likeness (QED) is 0.408. The lowest BCUT2D eigenvalue weighted by molar-refractivity contribution is -0.385. The molecule has 1 aromatic heterocycles. The predicted molar refractivity (Wildman–Crippen MR) is 104 cm³/mol. The summed E-state index contributed by atoms with van der Waals surface area (Å²) < 4.78 is 0. The topological polar surface area (TPSA) is 118 Å². The molecule has 0 amide bonds. The summed E-state index contributed by atoms with van der Waals surface area (Å²) in [5, 5.41) is 21.0. The maximum absolute atomic E-state index is 11.0. The number of aromatic hydroxyl groups is 1. The number of nitrogens with zero attached hydrogens (tertiary/aromatic N) is 4. The molecule has 8 nitrogen and oxygen atoms in total. The maximum atomic E-state index is 11.0. The number of benzene rings is 2. The van der Waals surface area contributed by atoms with E-state index in [0.717, 1.165) is 29.8 Å². The average molecular weight is 377 g/mol. The van der Waals surface area contributed by atoms with Crippen LogP contribution in [0.25, 0.3) is 11.4 Å². The summed E-state index contributed by atoms with van der Waals surface area (Å²) in [4.78, 5) is 21.8. The predicted octanol–water partition coefficient (Wildman–Crippen LogP) is 2.90. The third-order valence-corrected chi connectivity index (χ3v) is 4.85. The molecule has 0 aliphatic carbocycles. The second-order valence-corrected chi connectivity index (χ2v) is 6.82. The number of nitrogen functional groups attached to an aromatic ring is 1. The molecule has 0 saturated carbocycles. The van der Waals surface area contributed by atoms with Gasteiger partial charge in [0.25, 0.3) is 5.69 Å². The van der Waals surface area contributed by atoms with Gasteiger partial charge in [0, 0.05) is 66.8 Å². The van der Waals surface area contributed by atoms with Crippen LogP contribution < -0.4 is 5.73 Å². The molecule has 3 N–H and O–H groups in total. The Labute approximate surface area is 161 Å². The number of fused-ring (bicyclic) bond motifs is 1. The summed E-state index contributed by atoms with van der Waals surface area (Å²) in [6.07, 6.45) is 2.57. The van der Waals surface area contributed by atoms with Gasteiger partial charge < -0.3 is 10.8 Å². The smallest absolute Gasteiger partial charge is 0.270 e. The van der Waals surface area contributed by atoms with Gasteiger partial charge in [-0.2, -0.15) is 0 Å². The molecule has 0 spiro atoms. The molecule has 1 aliphatic rings. The van der Waals surface area contributed by atoms with Crippen LogP contribution in [0, 0.1) is 10.1 Å². The van der Waals surface area contributed by atoms with Gasteiger partial charge in [-0.05, 0) is 30.3 Å². The first-order chi connectivity index (χ1) is 13.5. The van der Waals surface area contributed by atoms with Crippen molar-refractivity contribution in [3.63, 3.8) is 0 Å². The summed E-state index contributed by atoms with van der Waals surface area (Å²) in [6, 6.07) is 11.5. The fraction of sp³-hybridized carbons (Fsp3) is 0.200. The van der Waals surface area contributed by atoms with Crippen molar-refractivity contribution in [2.24, 2.45) is 0 Å². The first kappa shape index (κ1) is 17.9. The number of rotatable bonds is 4. The number of nitro groups is 1. The van der Waals surface area contributed by atoms with Gasteiger partial charge in [-0.3, -0.25) is 15.0 Å². The van der Waals surface area contributed by atoms with E-state index < -0.39 is 4.92 Å². The van der Waals surface area contributed by atoms with Gasteiger partial charge >= 0.3 is 0 Å². The Kier molecular flexibility index (Phi) is 4.62. The first-order valence-corrected chi connectivity index (χ1v) is 8.89. The van der Waals surface area contributed by atoms with Crippen molar-refractivity contribution in [2.45, 2.75) is 19.5 Å². The highest BCUT2D eigenvalue weighted by Crippen LogP contribution is 2.27. The molecule has 4 rings (SSSR count). The summed E-state index contributed by atoms with van der Waals surface area (Å²) in [7, 11) is 0. The highest BCUT2D eigenvalue weighted by molar-refractivity contribution is 5.58. The molecule has 0 saturated heterocycles. The van der Waals surface area contributed by atoms with Crippen LogP contribution in [0.4, 0.5) is 11.4 Å². The number of non-ortho nitro benzene ring substituents is 1. The van der Waals surface area contributed by atoms with E-state index in [1.54, 1.807) is 0 Å². The molecule has 2 aromatic carbocycles. The van der Waals surface area contributed by atoms with Gasteiger partial charge in [0.15, 0.2) is 5.82 Å². The largest absolute Gasteiger partial charge is 0.508 e. The molecule has 0 bridgehead atoms. The number of nitro benzene ring substituents is 1. The number of phenolic OH excluding ortho intramolecular Hbond substituents is 1. The summed E-state index contributed by atoms with van der Waals surface area (Å²) in [6.45, 7) is 1.79. The van der Waals surface area contributed by atoms with E-state index in [1.165, 1.54) is 18.2 Å². The van der Waals surface area contributed by atoms with E-state index >= 15 is 0 Å². The number of nitrogens with two attached hydrogens (primary N) is 1.